The molecule has 0 radical (unpaired) electrons. The Kier molecular flexibility index (Phi) is 4.49. The molecule has 5 nitrogen and oxygen atoms in total. The number of aliphatic hydroxyl groups excluding tert-OH is 1. The van der Waals surface area contributed by atoms with E-state index in [-0.39, 0.29) is 30.6 Å². The minimum absolute atomic E-state index is 0.151. The van der Waals surface area contributed by atoms with E-state index in [1.54, 1.807) is 0 Å². The Morgan fingerprint density at radius 1 is 1.27 bits per heavy atom. The van der Waals surface area contributed by atoms with Crippen molar-refractivity contribution in [3.63, 3.8) is 0 Å². The number of hydrogen-bond acceptors (Lipinski definition) is 4. The lowest BCUT2D eigenvalue weighted by atomic mass is 9.96. The number of morpholine rings is 1. The van der Waals surface area contributed by atoms with Gasteiger partial charge in [-0.25, -0.2) is 12.8 Å². The van der Waals surface area contributed by atoms with E-state index in [9.17, 15) is 17.9 Å². The summed E-state index contributed by atoms with van der Waals surface area (Å²) < 4.78 is 46.3. The second kappa shape index (κ2) is 6.23. The van der Waals surface area contributed by atoms with Gasteiger partial charge in [0.05, 0.1) is 25.4 Å². The van der Waals surface area contributed by atoms with Crippen molar-refractivity contribution in [2.24, 2.45) is 5.92 Å². The van der Waals surface area contributed by atoms with Crippen LogP contribution in [-0.4, -0.2) is 49.7 Å². The van der Waals surface area contributed by atoms with Crippen LogP contribution in [0.1, 0.15) is 19.3 Å². The summed E-state index contributed by atoms with van der Waals surface area (Å²) in [5.74, 6) is -0.901. The Morgan fingerprint density at radius 2 is 2.05 bits per heavy atom. The number of sulfonamides is 1. The summed E-state index contributed by atoms with van der Waals surface area (Å²) in [5.41, 5.74) is 0. The second-order valence-corrected chi connectivity index (χ2v) is 7.71. The lowest BCUT2D eigenvalue weighted by Gasteiger charge is -2.39. The first-order valence-corrected chi connectivity index (χ1v) is 8.98. The van der Waals surface area contributed by atoms with E-state index >= 15 is 0 Å². The zero-order chi connectivity index (χ0) is 15.7. The van der Waals surface area contributed by atoms with Gasteiger partial charge in [0.15, 0.2) is 0 Å². The van der Waals surface area contributed by atoms with Gasteiger partial charge in [0, 0.05) is 12.5 Å². The lowest BCUT2D eigenvalue weighted by molar-refractivity contribution is -0.0148. The highest BCUT2D eigenvalue weighted by Gasteiger charge is 2.43. The molecular weight excluding hydrogens is 309 g/mol. The SMILES string of the molecule is O=S(=O)(c1ccccc1F)N1CCOC[C@@H]1[C@@H]1CCC[C@@H]1O. The van der Waals surface area contributed by atoms with Gasteiger partial charge >= 0.3 is 0 Å². The van der Waals surface area contributed by atoms with Crippen LogP contribution in [0, 0.1) is 11.7 Å². The monoisotopic (exact) mass is 329 g/mol. The number of nitrogens with zero attached hydrogens (tertiary/aromatic N) is 1. The first-order chi connectivity index (χ1) is 10.5. The van der Waals surface area contributed by atoms with Gasteiger partial charge in [-0.2, -0.15) is 4.31 Å². The third-order valence-corrected chi connectivity index (χ3v) is 6.52. The molecule has 1 heterocycles. The summed E-state index contributed by atoms with van der Waals surface area (Å²) in [4.78, 5) is -0.311. The topological polar surface area (TPSA) is 66.8 Å². The van der Waals surface area contributed by atoms with Crippen molar-refractivity contribution in [1.29, 1.82) is 0 Å². The van der Waals surface area contributed by atoms with E-state index < -0.39 is 28.0 Å². The molecule has 0 spiro atoms. The molecule has 1 N–H and O–H groups in total. The normalized spacial score (nSPS) is 30.5. The molecule has 1 saturated heterocycles. The molecule has 0 aromatic heterocycles. The van der Waals surface area contributed by atoms with Gasteiger partial charge < -0.3 is 9.84 Å². The summed E-state index contributed by atoms with van der Waals surface area (Å²) >= 11 is 0. The van der Waals surface area contributed by atoms with E-state index in [2.05, 4.69) is 0 Å². The Labute approximate surface area is 129 Å². The average molecular weight is 329 g/mol. The summed E-state index contributed by atoms with van der Waals surface area (Å²) in [6.45, 7) is 0.715. The largest absolute Gasteiger partial charge is 0.393 e. The third kappa shape index (κ3) is 2.78. The molecule has 1 aliphatic heterocycles. The molecule has 22 heavy (non-hydrogen) atoms. The number of halogens is 1. The van der Waals surface area contributed by atoms with E-state index in [0.717, 1.165) is 18.9 Å². The highest BCUT2D eigenvalue weighted by Crippen LogP contribution is 2.34. The third-order valence-electron chi connectivity index (χ3n) is 4.56. The molecule has 3 atom stereocenters. The minimum atomic E-state index is -3.94. The van der Waals surface area contributed by atoms with Crippen LogP contribution in [0.4, 0.5) is 4.39 Å². The Hall–Kier alpha value is -1.02. The van der Waals surface area contributed by atoms with Crippen molar-refractivity contribution in [2.45, 2.75) is 36.3 Å². The number of hydrogen-bond donors (Lipinski definition) is 1. The number of aliphatic hydroxyl groups is 1. The Balaban J connectivity index is 1.95. The lowest BCUT2D eigenvalue weighted by Crippen LogP contribution is -2.53. The fourth-order valence-corrected chi connectivity index (χ4v) is 5.15. The minimum Gasteiger partial charge on any atom is -0.393 e. The van der Waals surface area contributed by atoms with Crippen molar-refractivity contribution >= 4 is 10.0 Å². The molecule has 2 aliphatic rings. The second-order valence-electron chi connectivity index (χ2n) is 5.85. The van der Waals surface area contributed by atoms with E-state index in [1.165, 1.54) is 22.5 Å². The van der Waals surface area contributed by atoms with Crippen LogP contribution in [-0.2, 0) is 14.8 Å². The van der Waals surface area contributed by atoms with Crippen LogP contribution in [0.15, 0.2) is 29.2 Å². The van der Waals surface area contributed by atoms with Gasteiger partial charge in [-0.1, -0.05) is 18.6 Å². The zero-order valence-electron chi connectivity index (χ0n) is 12.2. The maximum Gasteiger partial charge on any atom is 0.246 e. The molecule has 7 heteroatoms. The van der Waals surface area contributed by atoms with E-state index in [0.29, 0.717) is 6.42 Å². The van der Waals surface area contributed by atoms with Crippen LogP contribution in [0.5, 0.6) is 0 Å². The summed E-state index contributed by atoms with van der Waals surface area (Å²) in [6.07, 6.45) is 1.79. The highest BCUT2D eigenvalue weighted by atomic mass is 32.2. The molecule has 0 amide bonds. The van der Waals surface area contributed by atoms with Crippen molar-refractivity contribution in [2.75, 3.05) is 19.8 Å². The quantitative estimate of drug-likeness (QED) is 0.910. The van der Waals surface area contributed by atoms with E-state index in [1.807, 2.05) is 0 Å². The average Bonchev–Trinajstić information content (AvgIpc) is 2.93. The number of ether oxygens (including phenoxy) is 1. The molecule has 1 saturated carbocycles. The molecule has 3 rings (SSSR count). The Bertz CT molecular complexity index is 636. The zero-order valence-corrected chi connectivity index (χ0v) is 13.0. The van der Waals surface area contributed by atoms with Crippen molar-refractivity contribution in [1.82, 2.24) is 4.31 Å². The first kappa shape index (κ1) is 15.9. The predicted octanol–water partition coefficient (Wildman–Crippen LogP) is 1.38. The van der Waals surface area contributed by atoms with Crippen molar-refractivity contribution in [3.8, 4) is 0 Å². The van der Waals surface area contributed by atoms with E-state index in [4.69, 9.17) is 4.74 Å². The van der Waals surface area contributed by atoms with Gasteiger partial charge in [0.1, 0.15) is 10.7 Å². The van der Waals surface area contributed by atoms with Gasteiger partial charge in [0.2, 0.25) is 10.0 Å². The predicted molar refractivity (Wildman–Crippen MR) is 78.2 cm³/mol. The van der Waals surface area contributed by atoms with Crippen molar-refractivity contribution < 1.29 is 22.7 Å². The first-order valence-electron chi connectivity index (χ1n) is 7.54. The van der Waals surface area contributed by atoms with Gasteiger partial charge in [-0.05, 0) is 25.0 Å². The standard InChI is InChI=1S/C15H20FNO4S/c16-12-5-1-2-7-15(12)22(19,20)17-8-9-21-10-13(17)11-4-3-6-14(11)18/h1-2,5,7,11,13-14,18H,3-4,6,8-10H2/t11-,13+,14-/m0/s1. The molecule has 2 fully saturated rings. The molecule has 1 aromatic carbocycles. The van der Waals surface area contributed by atoms with Crippen LogP contribution in [0.3, 0.4) is 0 Å². The van der Waals surface area contributed by atoms with Crippen LogP contribution < -0.4 is 0 Å². The maximum absolute atomic E-state index is 13.9. The number of rotatable bonds is 3. The number of benzene rings is 1. The molecule has 0 unspecified atom stereocenters. The summed E-state index contributed by atoms with van der Waals surface area (Å²) in [5, 5.41) is 10.1. The van der Waals surface area contributed by atoms with Gasteiger partial charge in [0.25, 0.3) is 0 Å². The Morgan fingerprint density at radius 3 is 2.73 bits per heavy atom. The summed E-state index contributed by atoms with van der Waals surface area (Å²) in [6, 6.07) is 4.97. The van der Waals surface area contributed by atoms with Crippen LogP contribution in [0.25, 0.3) is 0 Å². The van der Waals surface area contributed by atoms with Gasteiger partial charge in [-0.3, -0.25) is 0 Å². The molecule has 1 aliphatic carbocycles. The van der Waals surface area contributed by atoms with Crippen LogP contribution in [0.2, 0.25) is 0 Å². The highest BCUT2D eigenvalue weighted by molar-refractivity contribution is 7.89. The molecule has 0 bridgehead atoms. The van der Waals surface area contributed by atoms with Crippen LogP contribution >= 0.6 is 0 Å². The smallest absolute Gasteiger partial charge is 0.246 e. The molecule has 1 aromatic rings. The fourth-order valence-electron chi connectivity index (χ4n) is 3.44. The van der Waals surface area contributed by atoms with Gasteiger partial charge in [-0.15, -0.1) is 0 Å². The molecular formula is C15H20FNO4S. The molecule has 122 valence electrons. The maximum atomic E-state index is 13.9. The summed E-state index contributed by atoms with van der Waals surface area (Å²) in [7, 11) is -3.94. The van der Waals surface area contributed by atoms with Crippen molar-refractivity contribution in [3.05, 3.63) is 30.1 Å². The fraction of sp³-hybridized carbons (Fsp3) is 0.600.